The molecule has 21 heavy (non-hydrogen) atoms. The minimum atomic E-state index is -3.84. The average molecular weight is 328 g/mol. The average Bonchev–Trinajstić information content (AvgIpc) is 2.38. The van der Waals surface area contributed by atoms with Gasteiger partial charge < -0.3 is 5.73 Å². The maximum absolute atomic E-state index is 12.1. The second kappa shape index (κ2) is 5.30. The summed E-state index contributed by atoms with van der Waals surface area (Å²) in [5, 5.41) is 6.75. The Morgan fingerprint density at radius 1 is 0.952 bits per heavy atom. The van der Waals surface area contributed by atoms with E-state index in [2.05, 4.69) is 14.9 Å². The zero-order valence-corrected chi connectivity index (χ0v) is 12.5. The summed E-state index contributed by atoms with van der Waals surface area (Å²) in [6, 6.07) is 7.98. The van der Waals surface area contributed by atoms with Crippen LogP contribution in [0, 0.1) is 0 Å². The number of rotatable bonds is 4. The summed E-state index contributed by atoms with van der Waals surface area (Å²) in [6.07, 6.45) is 0.981. The smallest absolute Gasteiger partial charge is 0.263 e. The lowest BCUT2D eigenvalue weighted by Crippen LogP contribution is -2.15. The molecule has 0 aliphatic carbocycles. The number of hydrogen-bond acceptors (Lipinski definition) is 7. The van der Waals surface area contributed by atoms with Crippen molar-refractivity contribution in [3.8, 4) is 0 Å². The number of anilines is 2. The van der Waals surface area contributed by atoms with Crippen LogP contribution < -0.4 is 10.5 Å². The van der Waals surface area contributed by atoms with Crippen LogP contribution in [0.2, 0.25) is 0 Å². The Bertz CT molecular complexity index is 844. The van der Waals surface area contributed by atoms with Crippen LogP contribution in [0.25, 0.3) is 0 Å². The number of nitrogen functional groups attached to an aromatic ring is 1. The molecule has 0 radical (unpaired) electrons. The monoisotopic (exact) mass is 328 g/mol. The molecule has 0 aliphatic rings. The number of benzene rings is 1. The van der Waals surface area contributed by atoms with Crippen LogP contribution in [-0.4, -0.2) is 33.3 Å². The highest BCUT2D eigenvalue weighted by atomic mass is 32.2. The molecule has 2 aromatic rings. The summed E-state index contributed by atoms with van der Waals surface area (Å²) < 4.78 is 48.8. The quantitative estimate of drug-likeness (QED) is 0.769. The summed E-state index contributed by atoms with van der Waals surface area (Å²) in [5.41, 5.74) is 5.92. The molecular weight excluding hydrogens is 316 g/mol. The van der Waals surface area contributed by atoms with Gasteiger partial charge in [0.15, 0.2) is 20.7 Å². The van der Waals surface area contributed by atoms with Gasteiger partial charge in [0.1, 0.15) is 0 Å². The van der Waals surface area contributed by atoms with Crippen LogP contribution in [0.3, 0.4) is 0 Å². The van der Waals surface area contributed by atoms with E-state index in [1.807, 2.05) is 0 Å². The van der Waals surface area contributed by atoms with Gasteiger partial charge in [-0.3, -0.25) is 4.72 Å². The van der Waals surface area contributed by atoms with Crippen LogP contribution in [0.4, 0.5) is 11.5 Å². The summed E-state index contributed by atoms with van der Waals surface area (Å²) in [5.74, 6) is -0.0841. The number of nitrogens with one attached hydrogen (secondary N) is 1. The molecule has 0 saturated heterocycles. The molecule has 8 nitrogen and oxygen atoms in total. The molecule has 0 spiro atoms. The van der Waals surface area contributed by atoms with E-state index in [-0.39, 0.29) is 15.7 Å². The lowest BCUT2D eigenvalue weighted by Gasteiger charge is -2.07. The van der Waals surface area contributed by atoms with Gasteiger partial charge in [0.2, 0.25) is 0 Å². The number of aromatic nitrogens is 2. The minimum absolute atomic E-state index is 0.00527. The molecule has 1 aromatic carbocycles. The van der Waals surface area contributed by atoms with Crippen molar-refractivity contribution in [1.82, 2.24) is 10.2 Å². The third-order valence-electron chi connectivity index (χ3n) is 2.45. The first-order valence-corrected chi connectivity index (χ1v) is 8.98. The van der Waals surface area contributed by atoms with Gasteiger partial charge >= 0.3 is 0 Å². The molecule has 0 bridgehead atoms. The van der Waals surface area contributed by atoms with Crippen LogP contribution in [0.5, 0.6) is 0 Å². The van der Waals surface area contributed by atoms with E-state index < -0.39 is 19.9 Å². The first-order valence-electron chi connectivity index (χ1n) is 5.61. The number of nitrogens with two attached hydrogens (primary N) is 1. The molecule has 0 aliphatic heterocycles. The zero-order chi connectivity index (χ0) is 15.7. The Morgan fingerprint density at radius 3 is 2.05 bits per heavy atom. The standard InChI is InChI=1S/C11H12N4O4S2/c1-20(16,17)11-7-6-10(13-14-11)15-21(18,19)9-4-2-8(12)3-5-9/h2-7H,12H2,1H3,(H,13,15). The molecular formula is C11H12N4O4S2. The van der Waals surface area contributed by atoms with Crippen LogP contribution in [0.15, 0.2) is 46.3 Å². The van der Waals surface area contributed by atoms with E-state index in [0.29, 0.717) is 5.69 Å². The molecule has 0 atom stereocenters. The maximum atomic E-state index is 12.1. The third kappa shape index (κ3) is 3.67. The van der Waals surface area contributed by atoms with Gasteiger partial charge in [0.25, 0.3) is 10.0 Å². The van der Waals surface area contributed by atoms with Crippen molar-refractivity contribution >= 4 is 31.4 Å². The second-order valence-corrected chi connectivity index (χ2v) is 7.85. The molecule has 0 fully saturated rings. The van der Waals surface area contributed by atoms with Gasteiger partial charge in [-0.05, 0) is 36.4 Å². The van der Waals surface area contributed by atoms with E-state index in [1.54, 1.807) is 0 Å². The molecule has 0 saturated carbocycles. The highest BCUT2D eigenvalue weighted by molar-refractivity contribution is 7.92. The SMILES string of the molecule is CS(=O)(=O)c1ccc(NS(=O)(=O)c2ccc(N)cc2)nn1. The number of hydrogen-bond donors (Lipinski definition) is 2. The summed E-state index contributed by atoms with van der Waals surface area (Å²) >= 11 is 0. The second-order valence-electron chi connectivity index (χ2n) is 4.20. The lowest BCUT2D eigenvalue weighted by atomic mass is 10.3. The third-order valence-corrected chi connectivity index (χ3v) is 4.80. The van der Waals surface area contributed by atoms with Crippen LogP contribution in [-0.2, 0) is 19.9 Å². The molecule has 0 unspecified atom stereocenters. The number of sulfone groups is 1. The number of sulfonamides is 1. The van der Waals surface area contributed by atoms with Crippen molar-refractivity contribution in [2.45, 2.75) is 9.92 Å². The highest BCUT2D eigenvalue weighted by Crippen LogP contribution is 2.16. The van der Waals surface area contributed by atoms with Crippen molar-refractivity contribution in [2.24, 2.45) is 0 Å². The molecule has 2 rings (SSSR count). The Hall–Kier alpha value is -2.20. The Kier molecular flexibility index (Phi) is 3.83. The van der Waals surface area contributed by atoms with Gasteiger partial charge in [-0.15, -0.1) is 10.2 Å². The van der Waals surface area contributed by atoms with E-state index >= 15 is 0 Å². The van der Waals surface area contributed by atoms with Crippen LogP contribution in [0.1, 0.15) is 0 Å². The molecule has 3 N–H and O–H groups in total. The van der Waals surface area contributed by atoms with Gasteiger partial charge in [0, 0.05) is 11.9 Å². The Labute approximate surface area is 122 Å². The molecule has 0 amide bonds. The maximum Gasteiger partial charge on any atom is 0.263 e. The zero-order valence-electron chi connectivity index (χ0n) is 10.9. The summed E-state index contributed by atoms with van der Waals surface area (Å²) in [7, 11) is -7.32. The number of nitrogens with zero attached hydrogens (tertiary/aromatic N) is 2. The lowest BCUT2D eigenvalue weighted by molar-refractivity contribution is 0.596. The predicted octanol–water partition coefficient (Wildman–Crippen LogP) is 0.263. The van der Waals surface area contributed by atoms with E-state index in [4.69, 9.17) is 5.73 Å². The van der Waals surface area contributed by atoms with Crippen molar-refractivity contribution in [1.29, 1.82) is 0 Å². The first-order chi connectivity index (χ1) is 9.68. The fraction of sp³-hybridized carbons (Fsp3) is 0.0909. The fourth-order valence-corrected chi connectivity index (χ4v) is 2.92. The Balaban J connectivity index is 2.27. The first kappa shape index (κ1) is 15.2. The van der Waals surface area contributed by atoms with Gasteiger partial charge in [-0.2, -0.15) is 0 Å². The van der Waals surface area contributed by atoms with E-state index in [1.165, 1.54) is 36.4 Å². The topological polar surface area (TPSA) is 132 Å². The van der Waals surface area contributed by atoms with Crippen molar-refractivity contribution in [2.75, 3.05) is 16.7 Å². The molecule has 112 valence electrons. The summed E-state index contributed by atoms with van der Waals surface area (Å²) in [4.78, 5) is 0.00527. The van der Waals surface area contributed by atoms with Crippen molar-refractivity contribution < 1.29 is 16.8 Å². The van der Waals surface area contributed by atoms with Crippen LogP contribution >= 0.6 is 0 Å². The van der Waals surface area contributed by atoms with Gasteiger partial charge in [-0.25, -0.2) is 16.8 Å². The van der Waals surface area contributed by atoms with Gasteiger partial charge in [-0.1, -0.05) is 0 Å². The molecule has 10 heteroatoms. The van der Waals surface area contributed by atoms with Gasteiger partial charge in [0.05, 0.1) is 4.90 Å². The fourth-order valence-electron chi connectivity index (χ4n) is 1.42. The van der Waals surface area contributed by atoms with Crippen molar-refractivity contribution in [3.63, 3.8) is 0 Å². The highest BCUT2D eigenvalue weighted by Gasteiger charge is 2.16. The van der Waals surface area contributed by atoms with E-state index in [0.717, 1.165) is 6.26 Å². The summed E-state index contributed by atoms with van der Waals surface area (Å²) in [6.45, 7) is 0. The van der Waals surface area contributed by atoms with Crippen molar-refractivity contribution in [3.05, 3.63) is 36.4 Å². The van der Waals surface area contributed by atoms with E-state index in [9.17, 15) is 16.8 Å². The normalized spacial score (nSPS) is 12.0. The predicted molar refractivity (Wildman–Crippen MR) is 76.8 cm³/mol. The Morgan fingerprint density at radius 2 is 1.57 bits per heavy atom. The largest absolute Gasteiger partial charge is 0.399 e. The minimum Gasteiger partial charge on any atom is -0.399 e. The molecule has 1 aromatic heterocycles. The molecule has 1 heterocycles.